The topological polar surface area (TPSA) is 182 Å². The molecule has 6 unspecified atom stereocenters. The summed E-state index contributed by atoms with van der Waals surface area (Å²) < 4.78 is 0. The fourth-order valence-electron chi connectivity index (χ4n) is 1.28. The van der Waals surface area contributed by atoms with Gasteiger partial charge in [-0.3, -0.25) is 0 Å². The van der Waals surface area contributed by atoms with E-state index in [1.807, 2.05) is 0 Å². The van der Waals surface area contributed by atoms with E-state index in [2.05, 4.69) is 0 Å². The molecule has 0 fully saturated rings. The zero-order chi connectivity index (χ0) is 14.5. The molecule has 0 aromatic carbocycles. The van der Waals surface area contributed by atoms with E-state index in [0.717, 1.165) is 0 Å². The van der Waals surface area contributed by atoms with E-state index < -0.39 is 55.9 Å². The molecule has 0 aliphatic carbocycles. The van der Waals surface area contributed by atoms with Gasteiger partial charge in [-0.05, 0) is 0 Å². The Hall–Kier alpha value is -0.360. The van der Waals surface area contributed by atoms with E-state index in [-0.39, 0.29) is 0 Å². The standard InChI is InChI=1S/C9H20O9/c10-1-3(12)5(14)7(16)9(18)8(17)6(15)4(13)2-11/h3-18H,1-2H2. The first-order valence-corrected chi connectivity index (χ1v) is 5.26. The van der Waals surface area contributed by atoms with Gasteiger partial charge in [0.15, 0.2) is 0 Å². The Morgan fingerprint density at radius 2 is 0.667 bits per heavy atom. The summed E-state index contributed by atoms with van der Waals surface area (Å²) in [5.41, 5.74) is 0. The highest BCUT2D eigenvalue weighted by Crippen LogP contribution is 2.12. The van der Waals surface area contributed by atoms with Crippen LogP contribution in [0.4, 0.5) is 0 Å². The van der Waals surface area contributed by atoms with Gasteiger partial charge >= 0.3 is 0 Å². The van der Waals surface area contributed by atoms with Crippen LogP contribution in [0.25, 0.3) is 0 Å². The molecule has 0 rings (SSSR count). The predicted molar refractivity (Wildman–Crippen MR) is 56.2 cm³/mol. The van der Waals surface area contributed by atoms with E-state index >= 15 is 0 Å². The minimum atomic E-state index is -2.10. The van der Waals surface area contributed by atoms with Crippen molar-refractivity contribution >= 4 is 0 Å². The molecule has 9 heteroatoms. The SMILES string of the molecule is OCC(O)C(O)C(O)C(O)C(O)C(O)C(O)CO. The van der Waals surface area contributed by atoms with E-state index in [1.165, 1.54) is 0 Å². The van der Waals surface area contributed by atoms with Gasteiger partial charge in [-0.25, -0.2) is 0 Å². The van der Waals surface area contributed by atoms with Gasteiger partial charge in [-0.2, -0.15) is 0 Å². The van der Waals surface area contributed by atoms with Gasteiger partial charge in [0, 0.05) is 0 Å². The molecule has 0 radical (unpaired) electrons. The summed E-state index contributed by atoms with van der Waals surface area (Å²) in [5.74, 6) is 0. The lowest BCUT2D eigenvalue weighted by Gasteiger charge is -2.31. The number of hydrogen-bond donors (Lipinski definition) is 9. The monoisotopic (exact) mass is 272 g/mol. The summed E-state index contributed by atoms with van der Waals surface area (Å²) in [6.45, 7) is -1.77. The second-order valence-corrected chi connectivity index (χ2v) is 3.95. The molecule has 0 aliphatic rings. The number of aliphatic hydroxyl groups is 9. The summed E-state index contributed by atoms with van der Waals surface area (Å²) in [6.07, 6.45) is -13.7. The average Bonchev–Trinajstić information content (AvgIpc) is 2.40. The molecule has 110 valence electrons. The summed E-state index contributed by atoms with van der Waals surface area (Å²) in [7, 11) is 0. The van der Waals surface area contributed by atoms with E-state index in [9.17, 15) is 25.5 Å². The molecule has 9 nitrogen and oxygen atoms in total. The Labute approximate surface area is 103 Å². The van der Waals surface area contributed by atoms with Crippen molar-refractivity contribution in [3.63, 3.8) is 0 Å². The van der Waals surface area contributed by atoms with Crippen molar-refractivity contribution < 1.29 is 46.0 Å². The van der Waals surface area contributed by atoms with Crippen LogP contribution in [0.5, 0.6) is 0 Å². The molecule has 9 N–H and O–H groups in total. The lowest BCUT2D eigenvalue weighted by atomic mass is 9.94. The molecule has 6 atom stereocenters. The van der Waals surface area contributed by atoms with Crippen LogP contribution in [-0.2, 0) is 0 Å². The Kier molecular flexibility index (Phi) is 7.78. The van der Waals surface area contributed by atoms with Gasteiger partial charge in [0.25, 0.3) is 0 Å². The third-order valence-electron chi connectivity index (χ3n) is 2.56. The molecule has 0 spiro atoms. The molecule has 0 aromatic heterocycles. The molecule has 0 aliphatic heterocycles. The summed E-state index contributed by atoms with van der Waals surface area (Å²) >= 11 is 0. The lowest BCUT2D eigenvalue weighted by molar-refractivity contribution is -0.172. The largest absolute Gasteiger partial charge is 0.394 e. The van der Waals surface area contributed by atoms with Crippen LogP contribution < -0.4 is 0 Å². The van der Waals surface area contributed by atoms with Crippen molar-refractivity contribution in [3.05, 3.63) is 0 Å². The fraction of sp³-hybridized carbons (Fsp3) is 1.00. The van der Waals surface area contributed by atoms with Crippen molar-refractivity contribution in [1.82, 2.24) is 0 Å². The van der Waals surface area contributed by atoms with Crippen molar-refractivity contribution in [2.75, 3.05) is 13.2 Å². The quantitative estimate of drug-likeness (QED) is 0.208. The smallest absolute Gasteiger partial charge is 0.111 e. The van der Waals surface area contributed by atoms with Gasteiger partial charge in [0.1, 0.15) is 42.7 Å². The number of aliphatic hydroxyl groups excluding tert-OH is 9. The number of rotatable bonds is 8. The van der Waals surface area contributed by atoms with Crippen molar-refractivity contribution in [2.45, 2.75) is 42.7 Å². The Balaban J connectivity index is 4.57. The molecule has 0 amide bonds. The Morgan fingerprint density at radius 3 is 0.889 bits per heavy atom. The Morgan fingerprint density at radius 1 is 0.444 bits per heavy atom. The van der Waals surface area contributed by atoms with E-state index in [4.69, 9.17) is 20.4 Å². The van der Waals surface area contributed by atoms with Gasteiger partial charge in [-0.1, -0.05) is 0 Å². The van der Waals surface area contributed by atoms with Crippen LogP contribution >= 0.6 is 0 Å². The van der Waals surface area contributed by atoms with Crippen LogP contribution in [-0.4, -0.2) is 102 Å². The van der Waals surface area contributed by atoms with Crippen molar-refractivity contribution in [2.24, 2.45) is 0 Å². The molecule has 0 heterocycles. The fourth-order valence-corrected chi connectivity index (χ4v) is 1.28. The molecule has 0 aromatic rings. The maximum absolute atomic E-state index is 9.41. The predicted octanol–water partition coefficient (Wildman–Crippen LogP) is -5.50. The van der Waals surface area contributed by atoms with Crippen molar-refractivity contribution in [3.8, 4) is 0 Å². The maximum atomic E-state index is 9.41. The van der Waals surface area contributed by atoms with Crippen LogP contribution in [0, 0.1) is 0 Å². The summed E-state index contributed by atoms with van der Waals surface area (Å²) in [4.78, 5) is 0. The molecule has 0 saturated carbocycles. The minimum absolute atomic E-state index is 0.886. The number of hydrogen-bond acceptors (Lipinski definition) is 9. The Bertz CT molecular complexity index is 204. The second-order valence-electron chi connectivity index (χ2n) is 3.95. The van der Waals surface area contributed by atoms with Gasteiger partial charge in [-0.15, -0.1) is 0 Å². The van der Waals surface area contributed by atoms with Crippen LogP contribution in [0.15, 0.2) is 0 Å². The van der Waals surface area contributed by atoms with E-state index in [1.54, 1.807) is 0 Å². The molecular weight excluding hydrogens is 252 g/mol. The average molecular weight is 272 g/mol. The summed E-state index contributed by atoms with van der Waals surface area (Å²) in [6, 6.07) is 0. The van der Waals surface area contributed by atoms with Crippen LogP contribution in [0.1, 0.15) is 0 Å². The maximum Gasteiger partial charge on any atom is 0.111 e. The highest BCUT2D eigenvalue weighted by atomic mass is 16.4. The van der Waals surface area contributed by atoms with Crippen molar-refractivity contribution in [1.29, 1.82) is 0 Å². The summed E-state index contributed by atoms with van der Waals surface area (Å²) in [5, 5.41) is 81.8. The second kappa shape index (κ2) is 7.94. The third kappa shape index (κ3) is 4.39. The first kappa shape index (κ1) is 17.6. The highest BCUT2D eigenvalue weighted by molar-refractivity contribution is 4.89. The molecule has 0 saturated heterocycles. The van der Waals surface area contributed by atoms with Crippen LogP contribution in [0.2, 0.25) is 0 Å². The van der Waals surface area contributed by atoms with Crippen LogP contribution in [0.3, 0.4) is 0 Å². The minimum Gasteiger partial charge on any atom is -0.394 e. The zero-order valence-electron chi connectivity index (χ0n) is 9.48. The third-order valence-corrected chi connectivity index (χ3v) is 2.56. The first-order valence-electron chi connectivity index (χ1n) is 5.26. The highest BCUT2D eigenvalue weighted by Gasteiger charge is 2.38. The van der Waals surface area contributed by atoms with Gasteiger partial charge < -0.3 is 46.0 Å². The molecular formula is C9H20O9. The van der Waals surface area contributed by atoms with Gasteiger partial charge in [0.05, 0.1) is 13.2 Å². The molecule has 0 bridgehead atoms. The van der Waals surface area contributed by atoms with E-state index in [0.29, 0.717) is 0 Å². The normalized spacial score (nSPS) is 23.8. The lowest BCUT2D eigenvalue weighted by Crippen LogP contribution is -2.55. The first-order chi connectivity index (χ1) is 8.27. The molecule has 18 heavy (non-hydrogen) atoms. The zero-order valence-corrected chi connectivity index (χ0v) is 9.48. The van der Waals surface area contributed by atoms with Gasteiger partial charge in [0.2, 0.25) is 0 Å².